The molecule has 8 heteroatoms. The van der Waals surface area contributed by atoms with E-state index in [1.54, 1.807) is 0 Å². The number of phenols is 1. The molecule has 2 aromatic rings. The van der Waals surface area contributed by atoms with Crippen LogP contribution < -0.4 is 5.73 Å². The van der Waals surface area contributed by atoms with Crippen LogP contribution in [-0.2, 0) is 0 Å². The lowest BCUT2D eigenvalue weighted by molar-refractivity contribution is -0.384. The van der Waals surface area contributed by atoms with Crippen molar-refractivity contribution in [2.24, 2.45) is 11.7 Å². The smallest absolute Gasteiger partial charge is 0.270 e. The van der Waals surface area contributed by atoms with Crippen LogP contribution in [0.5, 0.6) is 5.75 Å². The Hall–Kier alpha value is -2.48. The van der Waals surface area contributed by atoms with E-state index in [0.29, 0.717) is 5.82 Å². The van der Waals surface area contributed by atoms with Crippen molar-refractivity contribution in [2.75, 3.05) is 0 Å². The van der Waals surface area contributed by atoms with Crippen LogP contribution >= 0.6 is 0 Å². The van der Waals surface area contributed by atoms with Gasteiger partial charge in [0.15, 0.2) is 5.82 Å². The maximum Gasteiger partial charge on any atom is 0.270 e. The van der Waals surface area contributed by atoms with Gasteiger partial charge in [-0.2, -0.15) is 5.10 Å². The number of hydrogen-bond donors (Lipinski definition) is 3. The number of nitro groups is 1. The molecule has 1 aromatic heterocycles. The molecule has 0 radical (unpaired) electrons. The minimum Gasteiger partial charge on any atom is -0.507 e. The van der Waals surface area contributed by atoms with Gasteiger partial charge in [-0.25, -0.2) is 4.98 Å². The molecule has 0 saturated heterocycles. The molecule has 4 N–H and O–H groups in total. The third kappa shape index (κ3) is 2.59. The van der Waals surface area contributed by atoms with Gasteiger partial charge in [-0.15, -0.1) is 0 Å². The van der Waals surface area contributed by atoms with Crippen molar-refractivity contribution >= 4 is 5.69 Å². The zero-order valence-electron chi connectivity index (χ0n) is 11.1. The molecule has 0 bridgehead atoms. The summed E-state index contributed by atoms with van der Waals surface area (Å²) >= 11 is 0. The van der Waals surface area contributed by atoms with Crippen LogP contribution in [0.25, 0.3) is 11.4 Å². The lowest BCUT2D eigenvalue weighted by atomic mass is 10.1. The van der Waals surface area contributed by atoms with E-state index >= 15 is 0 Å². The second kappa shape index (κ2) is 5.25. The Morgan fingerprint density at radius 3 is 2.75 bits per heavy atom. The lowest BCUT2D eigenvalue weighted by Gasteiger charge is -2.11. The maximum atomic E-state index is 10.8. The quantitative estimate of drug-likeness (QED) is 0.576. The molecular formula is C12H15N5O3. The Balaban J connectivity index is 2.42. The third-order valence-corrected chi connectivity index (χ3v) is 2.97. The van der Waals surface area contributed by atoms with Gasteiger partial charge in [0.25, 0.3) is 5.69 Å². The maximum absolute atomic E-state index is 10.8. The van der Waals surface area contributed by atoms with Crippen molar-refractivity contribution in [3.05, 3.63) is 34.1 Å². The van der Waals surface area contributed by atoms with Crippen molar-refractivity contribution in [3.63, 3.8) is 0 Å². The Bertz CT molecular complexity index is 638. The number of nitro benzene ring substituents is 1. The standard InChI is InChI=1S/C12H15N5O3/c1-6(2)10(13)12-14-11(15-16-12)8-5-7(17(19)20)3-4-9(8)18/h3-6,10,18H,13H2,1-2H3,(H,14,15,16)/t10-/m1/s1. The number of nitrogens with one attached hydrogen (secondary N) is 1. The van der Waals surface area contributed by atoms with E-state index < -0.39 is 4.92 Å². The van der Waals surface area contributed by atoms with Gasteiger partial charge in [0.2, 0.25) is 0 Å². The first-order valence-corrected chi connectivity index (χ1v) is 6.05. The SMILES string of the molecule is CC(C)[C@@H](N)c1nc(-c2cc([N+](=O)[O-])ccc2O)n[nH]1. The molecule has 20 heavy (non-hydrogen) atoms. The summed E-state index contributed by atoms with van der Waals surface area (Å²) in [6.07, 6.45) is 0. The predicted octanol–water partition coefficient (Wildman–Crippen LogP) is 1.74. The second-order valence-electron chi connectivity index (χ2n) is 4.77. The summed E-state index contributed by atoms with van der Waals surface area (Å²) in [6, 6.07) is 3.36. The average Bonchev–Trinajstić information content (AvgIpc) is 2.87. The molecule has 8 nitrogen and oxygen atoms in total. The number of aromatic amines is 1. The summed E-state index contributed by atoms with van der Waals surface area (Å²) in [6.45, 7) is 3.88. The number of nitrogens with two attached hydrogens (primary N) is 1. The topological polar surface area (TPSA) is 131 Å². The van der Waals surface area contributed by atoms with Gasteiger partial charge < -0.3 is 10.8 Å². The van der Waals surface area contributed by atoms with Gasteiger partial charge in [-0.05, 0) is 12.0 Å². The minimum atomic E-state index is -0.545. The van der Waals surface area contributed by atoms with Crippen molar-refractivity contribution in [1.82, 2.24) is 15.2 Å². The molecule has 1 atom stereocenters. The molecule has 0 unspecified atom stereocenters. The normalized spacial score (nSPS) is 12.6. The highest BCUT2D eigenvalue weighted by Crippen LogP contribution is 2.30. The summed E-state index contributed by atoms with van der Waals surface area (Å²) in [5.41, 5.74) is 5.99. The zero-order valence-corrected chi connectivity index (χ0v) is 11.1. The summed E-state index contributed by atoms with van der Waals surface area (Å²) in [5, 5.41) is 27.2. The van der Waals surface area contributed by atoms with Gasteiger partial charge in [0.1, 0.15) is 11.6 Å². The predicted molar refractivity (Wildman–Crippen MR) is 71.9 cm³/mol. The van der Waals surface area contributed by atoms with E-state index in [0.717, 1.165) is 0 Å². The van der Waals surface area contributed by atoms with E-state index in [1.165, 1.54) is 18.2 Å². The average molecular weight is 277 g/mol. The third-order valence-electron chi connectivity index (χ3n) is 2.97. The van der Waals surface area contributed by atoms with Gasteiger partial charge in [0.05, 0.1) is 16.5 Å². The highest BCUT2D eigenvalue weighted by atomic mass is 16.6. The summed E-state index contributed by atoms with van der Waals surface area (Å²) in [7, 11) is 0. The fraction of sp³-hybridized carbons (Fsp3) is 0.333. The molecule has 0 spiro atoms. The van der Waals surface area contributed by atoms with Crippen LogP contribution in [0, 0.1) is 16.0 Å². The first kappa shape index (κ1) is 13.9. The number of rotatable bonds is 4. The molecule has 1 heterocycles. The van der Waals surface area contributed by atoms with Crippen LogP contribution in [-0.4, -0.2) is 25.2 Å². The largest absolute Gasteiger partial charge is 0.507 e. The van der Waals surface area contributed by atoms with Crippen LogP contribution in [0.3, 0.4) is 0 Å². The van der Waals surface area contributed by atoms with E-state index in [9.17, 15) is 15.2 Å². The fourth-order valence-electron chi connectivity index (χ4n) is 1.68. The molecule has 1 aromatic carbocycles. The first-order valence-electron chi connectivity index (χ1n) is 6.05. The molecule has 0 amide bonds. The Morgan fingerprint density at radius 2 is 2.15 bits per heavy atom. The molecule has 2 rings (SSSR count). The van der Waals surface area contributed by atoms with Crippen LogP contribution in [0.1, 0.15) is 25.7 Å². The zero-order chi connectivity index (χ0) is 14.9. The lowest BCUT2D eigenvalue weighted by Crippen LogP contribution is -2.18. The molecule has 0 fully saturated rings. The van der Waals surface area contributed by atoms with Crippen molar-refractivity contribution < 1.29 is 10.0 Å². The molecule has 0 aliphatic rings. The molecule has 106 valence electrons. The highest BCUT2D eigenvalue weighted by molar-refractivity contribution is 5.66. The van der Waals surface area contributed by atoms with Crippen LogP contribution in [0.4, 0.5) is 5.69 Å². The summed E-state index contributed by atoms with van der Waals surface area (Å²) in [4.78, 5) is 14.4. The number of phenolic OH excluding ortho intramolecular Hbond substituents is 1. The highest BCUT2D eigenvalue weighted by Gasteiger charge is 2.19. The number of aromatic nitrogens is 3. The number of nitrogens with zero attached hydrogens (tertiary/aromatic N) is 3. The van der Waals surface area contributed by atoms with Crippen molar-refractivity contribution in [3.8, 4) is 17.1 Å². The minimum absolute atomic E-state index is 0.126. The molecule has 0 aliphatic heterocycles. The van der Waals surface area contributed by atoms with Crippen LogP contribution in [0.15, 0.2) is 18.2 Å². The van der Waals surface area contributed by atoms with Gasteiger partial charge in [-0.3, -0.25) is 15.2 Å². The van der Waals surface area contributed by atoms with E-state index in [4.69, 9.17) is 5.73 Å². The number of benzene rings is 1. The van der Waals surface area contributed by atoms with Gasteiger partial charge >= 0.3 is 0 Å². The molecular weight excluding hydrogens is 262 g/mol. The van der Waals surface area contributed by atoms with Crippen molar-refractivity contribution in [1.29, 1.82) is 0 Å². The number of H-pyrrole nitrogens is 1. The van der Waals surface area contributed by atoms with Gasteiger partial charge in [-0.1, -0.05) is 13.8 Å². The van der Waals surface area contributed by atoms with E-state index in [2.05, 4.69) is 15.2 Å². The molecule has 0 saturated carbocycles. The fourth-order valence-corrected chi connectivity index (χ4v) is 1.68. The van der Waals surface area contributed by atoms with Crippen LogP contribution in [0.2, 0.25) is 0 Å². The second-order valence-corrected chi connectivity index (χ2v) is 4.77. The Kier molecular flexibility index (Phi) is 3.66. The van der Waals surface area contributed by atoms with Crippen molar-refractivity contribution in [2.45, 2.75) is 19.9 Å². The number of non-ortho nitro benzene ring substituents is 1. The van der Waals surface area contributed by atoms with E-state index in [-0.39, 0.29) is 34.8 Å². The summed E-state index contributed by atoms with van der Waals surface area (Å²) < 4.78 is 0. The Morgan fingerprint density at radius 1 is 1.45 bits per heavy atom. The van der Waals surface area contributed by atoms with Gasteiger partial charge in [0, 0.05) is 12.1 Å². The Labute approximate surface area is 114 Å². The number of aromatic hydroxyl groups is 1. The summed E-state index contributed by atoms with van der Waals surface area (Å²) in [5.74, 6) is 0.687. The number of hydrogen-bond acceptors (Lipinski definition) is 6. The monoisotopic (exact) mass is 277 g/mol. The van der Waals surface area contributed by atoms with E-state index in [1.807, 2.05) is 13.8 Å². The molecule has 0 aliphatic carbocycles. The first-order chi connectivity index (χ1) is 9.40.